The molecule has 0 aliphatic heterocycles. The summed E-state index contributed by atoms with van der Waals surface area (Å²) in [6, 6.07) is 7.47. The molecule has 0 amide bonds. The summed E-state index contributed by atoms with van der Waals surface area (Å²) < 4.78 is 0.764. The molecule has 0 atom stereocenters. The number of aromatic amines is 1. The Morgan fingerprint density at radius 2 is 2.21 bits per heavy atom. The molecular formula is C9H7BrClN3. The molecule has 0 saturated carbocycles. The highest BCUT2D eigenvalue weighted by molar-refractivity contribution is 9.10. The fourth-order valence-corrected chi connectivity index (χ4v) is 1.77. The topological polar surface area (TPSA) is 54.7 Å². The van der Waals surface area contributed by atoms with Crippen molar-refractivity contribution in [2.24, 2.45) is 0 Å². The van der Waals surface area contributed by atoms with E-state index in [-0.39, 0.29) is 0 Å². The number of halogens is 2. The van der Waals surface area contributed by atoms with E-state index in [1.807, 2.05) is 24.3 Å². The smallest absolute Gasteiger partial charge is 0.160 e. The van der Waals surface area contributed by atoms with Gasteiger partial charge in [0.15, 0.2) is 5.82 Å². The molecule has 5 heteroatoms. The summed E-state index contributed by atoms with van der Waals surface area (Å²) in [6.07, 6.45) is 0. The number of nitrogens with one attached hydrogen (secondary N) is 1. The molecule has 0 saturated heterocycles. The van der Waals surface area contributed by atoms with E-state index in [2.05, 4.69) is 26.1 Å². The Labute approximate surface area is 94.4 Å². The van der Waals surface area contributed by atoms with Gasteiger partial charge in [-0.1, -0.05) is 23.7 Å². The lowest BCUT2D eigenvalue weighted by atomic mass is 10.1. The van der Waals surface area contributed by atoms with Crippen molar-refractivity contribution in [3.8, 4) is 11.3 Å². The van der Waals surface area contributed by atoms with Crippen molar-refractivity contribution in [2.45, 2.75) is 0 Å². The molecule has 0 spiro atoms. The van der Waals surface area contributed by atoms with E-state index in [0.717, 1.165) is 15.7 Å². The molecule has 1 heterocycles. The van der Waals surface area contributed by atoms with Crippen molar-refractivity contribution in [1.82, 2.24) is 10.2 Å². The van der Waals surface area contributed by atoms with Crippen LogP contribution in [0.4, 0.5) is 5.82 Å². The maximum Gasteiger partial charge on any atom is 0.160 e. The van der Waals surface area contributed by atoms with Gasteiger partial charge in [0.05, 0.1) is 10.2 Å². The number of benzene rings is 1. The molecule has 0 aliphatic carbocycles. The van der Waals surface area contributed by atoms with Gasteiger partial charge in [-0.05, 0) is 28.1 Å². The van der Waals surface area contributed by atoms with Gasteiger partial charge in [-0.25, -0.2) is 0 Å². The highest BCUT2D eigenvalue weighted by atomic mass is 79.9. The Hall–Kier alpha value is -1.000. The number of hydrogen-bond acceptors (Lipinski definition) is 2. The number of H-pyrrole nitrogens is 1. The van der Waals surface area contributed by atoms with Crippen LogP contribution in [0.25, 0.3) is 11.3 Å². The minimum atomic E-state index is 0.444. The highest BCUT2D eigenvalue weighted by Gasteiger charge is 2.09. The number of anilines is 1. The Morgan fingerprint density at radius 1 is 1.43 bits per heavy atom. The first kappa shape index (κ1) is 9.55. The van der Waals surface area contributed by atoms with Gasteiger partial charge in [0.2, 0.25) is 0 Å². The van der Waals surface area contributed by atoms with Crippen LogP contribution in [0.5, 0.6) is 0 Å². The largest absolute Gasteiger partial charge is 0.381 e. The molecule has 0 bridgehead atoms. The average molecular weight is 273 g/mol. The fraction of sp³-hybridized carbons (Fsp3) is 0. The predicted molar refractivity (Wildman–Crippen MR) is 61.1 cm³/mol. The molecule has 0 radical (unpaired) electrons. The summed E-state index contributed by atoms with van der Waals surface area (Å²) in [4.78, 5) is 0. The maximum absolute atomic E-state index is 5.87. The van der Waals surface area contributed by atoms with Crippen LogP contribution in [-0.4, -0.2) is 10.2 Å². The standard InChI is InChI=1S/C9H7BrClN3/c10-7-8(13-14-9(7)12)5-2-1-3-6(11)4-5/h1-4H,(H3,12,13,14). The van der Waals surface area contributed by atoms with Crippen LogP contribution in [0.15, 0.2) is 28.7 Å². The first-order chi connectivity index (χ1) is 6.68. The molecule has 3 nitrogen and oxygen atoms in total. The van der Waals surface area contributed by atoms with Gasteiger partial charge in [-0.3, -0.25) is 5.10 Å². The monoisotopic (exact) mass is 271 g/mol. The molecule has 14 heavy (non-hydrogen) atoms. The van der Waals surface area contributed by atoms with E-state index in [4.69, 9.17) is 17.3 Å². The molecule has 2 rings (SSSR count). The highest BCUT2D eigenvalue weighted by Crippen LogP contribution is 2.31. The van der Waals surface area contributed by atoms with E-state index in [1.54, 1.807) is 0 Å². The number of aromatic nitrogens is 2. The van der Waals surface area contributed by atoms with Crippen molar-refractivity contribution in [3.05, 3.63) is 33.8 Å². The van der Waals surface area contributed by atoms with E-state index in [9.17, 15) is 0 Å². The van der Waals surface area contributed by atoms with E-state index in [1.165, 1.54) is 0 Å². The second-order valence-corrected chi connectivity index (χ2v) is 4.04. The van der Waals surface area contributed by atoms with Crippen molar-refractivity contribution in [1.29, 1.82) is 0 Å². The molecule has 0 unspecified atom stereocenters. The van der Waals surface area contributed by atoms with Crippen molar-refractivity contribution in [2.75, 3.05) is 5.73 Å². The number of nitrogen functional groups attached to an aromatic ring is 1. The average Bonchev–Trinajstić information content (AvgIpc) is 2.48. The van der Waals surface area contributed by atoms with Crippen LogP contribution in [-0.2, 0) is 0 Å². The van der Waals surface area contributed by atoms with Crippen LogP contribution in [0.3, 0.4) is 0 Å². The Bertz CT molecular complexity index is 467. The summed E-state index contributed by atoms with van der Waals surface area (Å²) in [5.74, 6) is 0.444. The molecular weight excluding hydrogens is 265 g/mol. The van der Waals surface area contributed by atoms with E-state index >= 15 is 0 Å². The third kappa shape index (κ3) is 1.63. The number of nitrogens with two attached hydrogens (primary N) is 1. The van der Waals surface area contributed by atoms with Gasteiger partial charge in [0.25, 0.3) is 0 Å². The summed E-state index contributed by atoms with van der Waals surface area (Å²) in [6.45, 7) is 0. The zero-order valence-corrected chi connectivity index (χ0v) is 9.43. The van der Waals surface area contributed by atoms with Crippen molar-refractivity contribution < 1.29 is 0 Å². The lowest BCUT2D eigenvalue weighted by Crippen LogP contribution is -1.83. The molecule has 1 aromatic heterocycles. The molecule has 2 aromatic rings. The minimum Gasteiger partial charge on any atom is -0.381 e. The number of rotatable bonds is 1. The van der Waals surface area contributed by atoms with Crippen LogP contribution in [0.2, 0.25) is 5.02 Å². The predicted octanol–water partition coefficient (Wildman–Crippen LogP) is 3.07. The van der Waals surface area contributed by atoms with E-state index < -0.39 is 0 Å². The fourth-order valence-electron chi connectivity index (χ4n) is 1.18. The van der Waals surface area contributed by atoms with Gasteiger partial charge >= 0.3 is 0 Å². The van der Waals surface area contributed by atoms with Gasteiger partial charge in [0, 0.05) is 10.6 Å². The minimum absolute atomic E-state index is 0.444. The molecule has 1 aromatic carbocycles. The first-order valence-corrected chi connectivity index (χ1v) is 5.11. The summed E-state index contributed by atoms with van der Waals surface area (Å²) in [5, 5.41) is 7.40. The lowest BCUT2D eigenvalue weighted by Gasteiger charge is -1.98. The van der Waals surface area contributed by atoms with Gasteiger partial charge in [-0.2, -0.15) is 5.10 Å². The Balaban J connectivity index is 2.55. The van der Waals surface area contributed by atoms with Crippen LogP contribution in [0, 0.1) is 0 Å². The summed E-state index contributed by atoms with van der Waals surface area (Å²) >= 11 is 9.22. The molecule has 72 valence electrons. The van der Waals surface area contributed by atoms with Crippen molar-refractivity contribution >= 4 is 33.3 Å². The summed E-state index contributed by atoms with van der Waals surface area (Å²) in [7, 11) is 0. The normalized spacial score (nSPS) is 10.4. The van der Waals surface area contributed by atoms with Crippen LogP contribution in [0.1, 0.15) is 0 Å². The zero-order chi connectivity index (χ0) is 10.1. The summed E-state index contributed by atoms with van der Waals surface area (Å²) in [5.41, 5.74) is 7.38. The third-order valence-corrected chi connectivity index (χ3v) is 2.88. The number of nitrogens with zero attached hydrogens (tertiary/aromatic N) is 1. The second-order valence-electron chi connectivity index (χ2n) is 2.81. The Morgan fingerprint density at radius 3 is 2.79 bits per heavy atom. The van der Waals surface area contributed by atoms with Crippen LogP contribution < -0.4 is 5.73 Å². The number of hydrogen-bond donors (Lipinski definition) is 2. The van der Waals surface area contributed by atoms with Crippen molar-refractivity contribution in [3.63, 3.8) is 0 Å². The maximum atomic E-state index is 5.87. The first-order valence-electron chi connectivity index (χ1n) is 3.94. The second kappa shape index (κ2) is 3.63. The van der Waals surface area contributed by atoms with Crippen LogP contribution >= 0.6 is 27.5 Å². The molecule has 0 fully saturated rings. The molecule has 3 N–H and O–H groups in total. The van der Waals surface area contributed by atoms with Gasteiger partial charge < -0.3 is 5.73 Å². The van der Waals surface area contributed by atoms with E-state index in [0.29, 0.717) is 10.8 Å². The quantitative estimate of drug-likeness (QED) is 0.838. The van der Waals surface area contributed by atoms with Gasteiger partial charge in [0.1, 0.15) is 0 Å². The Kier molecular flexibility index (Phi) is 2.48. The van der Waals surface area contributed by atoms with Gasteiger partial charge in [-0.15, -0.1) is 0 Å². The lowest BCUT2D eigenvalue weighted by molar-refractivity contribution is 1.10. The SMILES string of the molecule is Nc1n[nH]c(-c2cccc(Cl)c2)c1Br. The molecule has 0 aliphatic rings. The zero-order valence-electron chi connectivity index (χ0n) is 7.09. The third-order valence-electron chi connectivity index (χ3n) is 1.85.